The van der Waals surface area contributed by atoms with Crippen molar-refractivity contribution >= 4 is 17.6 Å². The van der Waals surface area contributed by atoms with Gasteiger partial charge in [-0.1, -0.05) is 24.3 Å². The van der Waals surface area contributed by atoms with Gasteiger partial charge in [-0.05, 0) is 37.1 Å². The van der Waals surface area contributed by atoms with Gasteiger partial charge in [0.25, 0.3) is 0 Å². The highest BCUT2D eigenvalue weighted by Crippen LogP contribution is 2.23. The number of anilines is 1. The Morgan fingerprint density at radius 3 is 2.44 bits per heavy atom. The number of hydrogen-bond acceptors (Lipinski definition) is 4. The predicted octanol–water partition coefficient (Wildman–Crippen LogP) is 2.55. The van der Waals surface area contributed by atoms with Gasteiger partial charge in [-0.2, -0.15) is 0 Å². The van der Waals surface area contributed by atoms with E-state index in [9.17, 15) is 9.59 Å². The highest BCUT2D eigenvalue weighted by Gasteiger charge is 2.21. The maximum absolute atomic E-state index is 12.3. The molecule has 0 saturated carbocycles. The second-order valence-corrected chi connectivity index (χ2v) is 6.56. The van der Waals surface area contributed by atoms with Crippen LogP contribution in [0.15, 0.2) is 54.6 Å². The SMILES string of the molecule is NC(=O)CN1CCC(NC(=O)Nc2cccc(Oc3ccccc3)c2)CC1. The number of carbonyl (C=O) groups excluding carboxylic acids is 2. The van der Waals surface area contributed by atoms with Crippen LogP contribution in [0.4, 0.5) is 10.5 Å². The molecule has 1 saturated heterocycles. The quantitative estimate of drug-likeness (QED) is 0.730. The van der Waals surface area contributed by atoms with Crippen LogP contribution < -0.4 is 21.1 Å². The fourth-order valence-corrected chi connectivity index (χ4v) is 3.07. The number of benzene rings is 2. The summed E-state index contributed by atoms with van der Waals surface area (Å²) >= 11 is 0. The van der Waals surface area contributed by atoms with Gasteiger partial charge < -0.3 is 21.1 Å². The lowest BCUT2D eigenvalue weighted by molar-refractivity contribution is -0.119. The number of para-hydroxylation sites is 1. The normalized spacial score (nSPS) is 15.1. The van der Waals surface area contributed by atoms with E-state index in [-0.39, 0.29) is 24.5 Å². The summed E-state index contributed by atoms with van der Waals surface area (Å²) < 4.78 is 5.78. The molecule has 0 radical (unpaired) electrons. The maximum atomic E-state index is 12.3. The Labute approximate surface area is 158 Å². The third-order valence-corrected chi connectivity index (χ3v) is 4.37. The zero-order valence-corrected chi connectivity index (χ0v) is 15.1. The van der Waals surface area contributed by atoms with Crippen molar-refractivity contribution in [2.75, 3.05) is 25.0 Å². The lowest BCUT2D eigenvalue weighted by atomic mass is 10.1. The first kappa shape index (κ1) is 18.7. The van der Waals surface area contributed by atoms with E-state index in [1.807, 2.05) is 53.4 Å². The Kier molecular flexibility index (Phi) is 6.27. The van der Waals surface area contributed by atoms with Crippen molar-refractivity contribution < 1.29 is 14.3 Å². The first-order valence-electron chi connectivity index (χ1n) is 8.99. The van der Waals surface area contributed by atoms with E-state index >= 15 is 0 Å². The lowest BCUT2D eigenvalue weighted by Gasteiger charge is -2.31. The van der Waals surface area contributed by atoms with Crippen LogP contribution in [0.5, 0.6) is 11.5 Å². The number of likely N-dealkylation sites (tertiary alicyclic amines) is 1. The molecular weight excluding hydrogens is 344 g/mol. The highest BCUT2D eigenvalue weighted by molar-refractivity contribution is 5.89. The lowest BCUT2D eigenvalue weighted by Crippen LogP contribution is -2.47. The summed E-state index contributed by atoms with van der Waals surface area (Å²) in [5.41, 5.74) is 5.87. The molecule has 3 rings (SSSR count). The molecule has 1 aliphatic rings. The Hall–Kier alpha value is -3.06. The van der Waals surface area contributed by atoms with E-state index in [2.05, 4.69) is 10.6 Å². The van der Waals surface area contributed by atoms with Crippen molar-refractivity contribution in [3.63, 3.8) is 0 Å². The maximum Gasteiger partial charge on any atom is 0.319 e. The van der Waals surface area contributed by atoms with Crippen molar-refractivity contribution in [2.45, 2.75) is 18.9 Å². The average molecular weight is 368 g/mol. The first-order valence-corrected chi connectivity index (χ1v) is 8.99. The number of nitrogens with zero attached hydrogens (tertiary/aromatic N) is 1. The summed E-state index contributed by atoms with van der Waals surface area (Å²) in [6, 6.07) is 16.6. The number of primary amides is 1. The summed E-state index contributed by atoms with van der Waals surface area (Å²) in [5, 5.41) is 5.82. The molecule has 0 unspecified atom stereocenters. The molecule has 7 nitrogen and oxygen atoms in total. The van der Waals surface area contributed by atoms with Crippen LogP contribution in [-0.4, -0.2) is 42.5 Å². The number of amides is 3. The standard InChI is InChI=1S/C20H24N4O3/c21-19(25)14-24-11-9-15(10-12-24)22-20(26)23-16-5-4-8-18(13-16)27-17-6-2-1-3-7-17/h1-8,13,15H,9-12,14H2,(H2,21,25)(H2,22,23,26). The molecule has 0 spiro atoms. The van der Waals surface area contributed by atoms with Gasteiger partial charge >= 0.3 is 6.03 Å². The second kappa shape index (κ2) is 9.05. The van der Waals surface area contributed by atoms with E-state index < -0.39 is 0 Å². The number of urea groups is 1. The highest BCUT2D eigenvalue weighted by atomic mass is 16.5. The number of nitrogens with one attached hydrogen (secondary N) is 2. The number of ether oxygens (including phenoxy) is 1. The summed E-state index contributed by atoms with van der Waals surface area (Å²) in [7, 11) is 0. The summed E-state index contributed by atoms with van der Waals surface area (Å²) in [6.45, 7) is 1.76. The van der Waals surface area contributed by atoms with Gasteiger partial charge in [0.05, 0.1) is 6.54 Å². The zero-order chi connectivity index (χ0) is 19.1. The van der Waals surface area contributed by atoms with Crippen molar-refractivity contribution in [3.8, 4) is 11.5 Å². The molecule has 2 aromatic carbocycles. The van der Waals surface area contributed by atoms with Crippen LogP contribution in [0.25, 0.3) is 0 Å². The molecule has 0 atom stereocenters. The van der Waals surface area contributed by atoms with Crippen molar-refractivity contribution in [3.05, 3.63) is 54.6 Å². The van der Waals surface area contributed by atoms with Crippen LogP contribution in [0.3, 0.4) is 0 Å². The zero-order valence-electron chi connectivity index (χ0n) is 15.1. The molecular formula is C20H24N4O3. The molecule has 27 heavy (non-hydrogen) atoms. The van der Waals surface area contributed by atoms with E-state index in [4.69, 9.17) is 10.5 Å². The van der Waals surface area contributed by atoms with Gasteiger partial charge in [-0.3, -0.25) is 9.69 Å². The number of hydrogen-bond donors (Lipinski definition) is 3. The monoisotopic (exact) mass is 368 g/mol. The van der Waals surface area contributed by atoms with Crippen LogP contribution in [0.1, 0.15) is 12.8 Å². The van der Waals surface area contributed by atoms with E-state index in [1.54, 1.807) is 6.07 Å². The third-order valence-electron chi connectivity index (χ3n) is 4.37. The topological polar surface area (TPSA) is 96.7 Å². The van der Waals surface area contributed by atoms with E-state index in [1.165, 1.54) is 0 Å². The minimum absolute atomic E-state index is 0.0814. The molecule has 0 aromatic heterocycles. The Morgan fingerprint density at radius 2 is 1.74 bits per heavy atom. The van der Waals surface area contributed by atoms with Crippen LogP contribution in [0.2, 0.25) is 0 Å². The van der Waals surface area contributed by atoms with Crippen molar-refractivity contribution in [1.29, 1.82) is 0 Å². The van der Waals surface area contributed by atoms with Crippen LogP contribution in [0, 0.1) is 0 Å². The molecule has 3 amide bonds. The summed E-state index contributed by atoms with van der Waals surface area (Å²) in [4.78, 5) is 25.2. The number of nitrogens with two attached hydrogens (primary N) is 1. The fourth-order valence-electron chi connectivity index (χ4n) is 3.07. The van der Waals surface area contributed by atoms with Gasteiger partial charge in [-0.25, -0.2) is 4.79 Å². The molecule has 7 heteroatoms. The molecule has 142 valence electrons. The summed E-state index contributed by atoms with van der Waals surface area (Å²) in [6.07, 6.45) is 1.58. The molecule has 0 aliphatic carbocycles. The van der Waals surface area contributed by atoms with Gasteiger partial charge in [0.15, 0.2) is 0 Å². The van der Waals surface area contributed by atoms with Gasteiger partial charge in [0.1, 0.15) is 11.5 Å². The first-order chi connectivity index (χ1) is 13.1. The number of carbonyl (C=O) groups is 2. The number of rotatable bonds is 6. The number of piperidine rings is 1. The third kappa shape index (κ3) is 6.00. The summed E-state index contributed by atoms with van der Waals surface area (Å²) in [5.74, 6) is 1.07. The Morgan fingerprint density at radius 1 is 1.04 bits per heavy atom. The minimum Gasteiger partial charge on any atom is -0.457 e. The predicted molar refractivity (Wildman–Crippen MR) is 104 cm³/mol. The molecule has 4 N–H and O–H groups in total. The second-order valence-electron chi connectivity index (χ2n) is 6.56. The molecule has 0 bridgehead atoms. The molecule has 1 fully saturated rings. The van der Waals surface area contributed by atoms with Crippen molar-refractivity contribution in [1.82, 2.24) is 10.2 Å². The van der Waals surface area contributed by atoms with Crippen LogP contribution in [-0.2, 0) is 4.79 Å². The van der Waals surface area contributed by atoms with Gasteiger partial charge in [0.2, 0.25) is 5.91 Å². The minimum atomic E-state index is -0.322. The van der Waals surface area contributed by atoms with Crippen LogP contribution >= 0.6 is 0 Å². The Balaban J connectivity index is 1.48. The van der Waals surface area contributed by atoms with Gasteiger partial charge in [0, 0.05) is 30.9 Å². The molecule has 1 aliphatic heterocycles. The molecule has 2 aromatic rings. The largest absolute Gasteiger partial charge is 0.457 e. The average Bonchev–Trinajstić information content (AvgIpc) is 2.64. The Bertz CT molecular complexity index is 774. The van der Waals surface area contributed by atoms with Crippen molar-refractivity contribution in [2.24, 2.45) is 5.73 Å². The van der Waals surface area contributed by atoms with Gasteiger partial charge in [-0.15, -0.1) is 0 Å². The smallest absolute Gasteiger partial charge is 0.319 e. The van der Waals surface area contributed by atoms with E-state index in [0.29, 0.717) is 11.4 Å². The fraction of sp³-hybridized carbons (Fsp3) is 0.300. The molecule has 1 heterocycles. The van der Waals surface area contributed by atoms with E-state index in [0.717, 1.165) is 31.7 Å².